The van der Waals surface area contributed by atoms with Crippen LogP contribution < -0.4 is 4.31 Å². The Hall–Kier alpha value is -3.13. The molecular weight excluding hydrogens is 388 g/mol. The van der Waals surface area contributed by atoms with E-state index in [1.807, 2.05) is 20.2 Å². The second-order valence-corrected chi connectivity index (χ2v) is 8.99. The van der Waals surface area contributed by atoms with E-state index < -0.39 is 10.0 Å². The number of rotatable bonds is 6. The van der Waals surface area contributed by atoms with Crippen LogP contribution in [0.5, 0.6) is 0 Å². The first-order valence-electron chi connectivity index (χ1n) is 9.07. The van der Waals surface area contributed by atoms with Crippen molar-refractivity contribution in [2.24, 2.45) is 7.05 Å². The second-order valence-electron chi connectivity index (χ2n) is 7.02. The highest BCUT2D eigenvalue weighted by atomic mass is 32.2. The van der Waals surface area contributed by atoms with Crippen molar-refractivity contribution in [1.82, 2.24) is 14.7 Å². The molecule has 152 valence electrons. The van der Waals surface area contributed by atoms with Crippen LogP contribution >= 0.6 is 0 Å². The number of carbonyl (C=O) groups excluding carboxylic acids is 1. The van der Waals surface area contributed by atoms with Gasteiger partial charge in [-0.05, 0) is 43.3 Å². The Morgan fingerprint density at radius 2 is 1.66 bits per heavy atom. The number of sulfonamides is 1. The number of aryl methyl sites for hydroxylation is 2. The highest BCUT2D eigenvalue weighted by Gasteiger charge is 2.21. The Morgan fingerprint density at radius 1 is 1.03 bits per heavy atom. The van der Waals surface area contributed by atoms with E-state index in [1.54, 1.807) is 71.4 Å². The van der Waals surface area contributed by atoms with E-state index >= 15 is 0 Å². The van der Waals surface area contributed by atoms with Crippen molar-refractivity contribution in [2.45, 2.75) is 18.4 Å². The summed E-state index contributed by atoms with van der Waals surface area (Å²) in [6.07, 6.45) is 3.58. The molecule has 0 radical (unpaired) electrons. The smallest absolute Gasteiger partial charge is 0.264 e. The maximum Gasteiger partial charge on any atom is 0.264 e. The molecule has 0 saturated heterocycles. The minimum absolute atomic E-state index is 0.149. The normalized spacial score (nSPS) is 11.3. The molecule has 0 spiro atoms. The van der Waals surface area contributed by atoms with Crippen molar-refractivity contribution < 1.29 is 13.2 Å². The van der Waals surface area contributed by atoms with Crippen LogP contribution in [0, 0.1) is 6.92 Å². The topological polar surface area (TPSA) is 75.5 Å². The summed E-state index contributed by atoms with van der Waals surface area (Å²) in [5.74, 6) is -0.149. The first kappa shape index (κ1) is 20.6. The van der Waals surface area contributed by atoms with Crippen LogP contribution in [0.1, 0.15) is 21.5 Å². The zero-order chi connectivity index (χ0) is 21.2. The average Bonchev–Trinajstić information content (AvgIpc) is 3.11. The fourth-order valence-electron chi connectivity index (χ4n) is 2.94. The predicted octanol–water partition coefficient (Wildman–Crippen LogP) is 2.83. The zero-order valence-corrected chi connectivity index (χ0v) is 17.7. The van der Waals surface area contributed by atoms with Gasteiger partial charge >= 0.3 is 0 Å². The average molecular weight is 413 g/mol. The van der Waals surface area contributed by atoms with Crippen LogP contribution in [0.15, 0.2) is 65.8 Å². The summed E-state index contributed by atoms with van der Waals surface area (Å²) < 4.78 is 28.5. The van der Waals surface area contributed by atoms with Crippen LogP contribution in [-0.4, -0.2) is 43.1 Å². The molecule has 0 aliphatic carbocycles. The van der Waals surface area contributed by atoms with E-state index in [-0.39, 0.29) is 10.8 Å². The molecule has 2 aromatic carbocycles. The van der Waals surface area contributed by atoms with Gasteiger partial charge in [0.15, 0.2) is 0 Å². The third kappa shape index (κ3) is 4.48. The molecule has 0 bridgehead atoms. The molecule has 0 aliphatic rings. The molecule has 1 heterocycles. The van der Waals surface area contributed by atoms with E-state index in [0.29, 0.717) is 17.8 Å². The maximum absolute atomic E-state index is 12.8. The Bertz CT molecular complexity index is 1100. The lowest BCUT2D eigenvalue weighted by Gasteiger charge is -2.21. The SMILES string of the molecule is Cc1ccc(S(=O)(=O)N(C)c2ccc(C(=O)N(C)Cc3cnn(C)c3)cc2)cc1. The summed E-state index contributed by atoms with van der Waals surface area (Å²) in [6.45, 7) is 2.34. The first-order valence-corrected chi connectivity index (χ1v) is 10.5. The lowest BCUT2D eigenvalue weighted by atomic mass is 10.2. The van der Waals surface area contributed by atoms with Crippen LogP contribution in [0.3, 0.4) is 0 Å². The molecule has 3 rings (SSSR count). The van der Waals surface area contributed by atoms with Gasteiger partial charge in [-0.15, -0.1) is 0 Å². The Labute approximate surface area is 171 Å². The van der Waals surface area contributed by atoms with Gasteiger partial charge in [0.2, 0.25) is 0 Å². The number of nitrogens with zero attached hydrogens (tertiary/aromatic N) is 4. The standard InChI is InChI=1S/C21H24N4O3S/c1-16-5-11-20(12-6-16)29(27,28)25(4)19-9-7-18(8-10-19)21(26)23(2)14-17-13-22-24(3)15-17/h5-13,15H,14H2,1-4H3. The van der Waals surface area contributed by atoms with E-state index in [4.69, 9.17) is 0 Å². The van der Waals surface area contributed by atoms with E-state index in [0.717, 1.165) is 11.1 Å². The number of hydrogen-bond acceptors (Lipinski definition) is 4. The highest BCUT2D eigenvalue weighted by Crippen LogP contribution is 2.23. The maximum atomic E-state index is 12.8. The largest absolute Gasteiger partial charge is 0.337 e. The molecule has 0 saturated carbocycles. The number of carbonyl (C=O) groups is 1. The summed E-state index contributed by atoms with van der Waals surface area (Å²) in [7, 11) is 1.38. The van der Waals surface area contributed by atoms with Crippen LogP contribution in [-0.2, 0) is 23.6 Å². The molecular formula is C21H24N4O3S. The summed E-state index contributed by atoms with van der Waals surface area (Å²) in [5, 5.41) is 4.10. The van der Waals surface area contributed by atoms with Gasteiger partial charge in [-0.25, -0.2) is 8.42 Å². The molecule has 29 heavy (non-hydrogen) atoms. The van der Waals surface area contributed by atoms with Gasteiger partial charge in [0.1, 0.15) is 0 Å². The van der Waals surface area contributed by atoms with Gasteiger partial charge in [0.05, 0.1) is 16.8 Å². The highest BCUT2D eigenvalue weighted by molar-refractivity contribution is 7.92. The van der Waals surface area contributed by atoms with Crippen LogP contribution in [0.25, 0.3) is 0 Å². The second kappa shape index (κ2) is 8.08. The van der Waals surface area contributed by atoms with Crippen molar-refractivity contribution in [3.05, 3.63) is 77.6 Å². The lowest BCUT2D eigenvalue weighted by molar-refractivity contribution is 0.0785. The Morgan fingerprint density at radius 3 is 2.21 bits per heavy atom. The fourth-order valence-corrected chi connectivity index (χ4v) is 4.14. The van der Waals surface area contributed by atoms with Gasteiger partial charge in [-0.2, -0.15) is 5.10 Å². The van der Waals surface area contributed by atoms with Gasteiger partial charge in [-0.3, -0.25) is 13.8 Å². The Kier molecular flexibility index (Phi) is 5.74. The van der Waals surface area contributed by atoms with Crippen LogP contribution in [0.2, 0.25) is 0 Å². The Balaban J connectivity index is 1.75. The molecule has 0 unspecified atom stereocenters. The van der Waals surface area contributed by atoms with Gasteiger partial charge in [0, 0.05) is 45.0 Å². The van der Waals surface area contributed by atoms with Gasteiger partial charge in [-0.1, -0.05) is 17.7 Å². The van der Waals surface area contributed by atoms with Crippen molar-refractivity contribution in [3.63, 3.8) is 0 Å². The van der Waals surface area contributed by atoms with Crippen molar-refractivity contribution >= 4 is 21.6 Å². The third-order valence-electron chi connectivity index (χ3n) is 4.68. The molecule has 3 aromatic rings. The minimum Gasteiger partial charge on any atom is -0.337 e. The number of hydrogen-bond donors (Lipinski definition) is 0. The summed E-state index contributed by atoms with van der Waals surface area (Å²) in [6, 6.07) is 13.3. The molecule has 1 aromatic heterocycles. The molecule has 0 fully saturated rings. The molecule has 0 N–H and O–H groups in total. The van der Waals surface area contributed by atoms with Gasteiger partial charge in [0.25, 0.3) is 15.9 Å². The first-order chi connectivity index (χ1) is 13.7. The van der Waals surface area contributed by atoms with Crippen LogP contribution in [0.4, 0.5) is 5.69 Å². The van der Waals surface area contributed by atoms with Gasteiger partial charge < -0.3 is 4.90 Å². The number of anilines is 1. The molecule has 7 nitrogen and oxygen atoms in total. The molecule has 1 amide bonds. The van der Waals surface area contributed by atoms with Crippen molar-refractivity contribution in [1.29, 1.82) is 0 Å². The predicted molar refractivity (Wildman–Crippen MR) is 112 cm³/mol. The third-order valence-corrected chi connectivity index (χ3v) is 6.48. The van der Waals surface area contributed by atoms with Crippen molar-refractivity contribution in [2.75, 3.05) is 18.4 Å². The quantitative estimate of drug-likeness (QED) is 0.624. The van der Waals surface area contributed by atoms with E-state index in [2.05, 4.69) is 5.10 Å². The van der Waals surface area contributed by atoms with Crippen molar-refractivity contribution in [3.8, 4) is 0 Å². The minimum atomic E-state index is -3.67. The zero-order valence-electron chi connectivity index (χ0n) is 16.9. The number of amides is 1. The number of benzene rings is 2. The number of aromatic nitrogens is 2. The summed E-state index contributed by atoms with van der Waals surface area (Å²) in [5.41, 5.74) is 2.90. The summed E-state index contributed by atoms with van der Waals surface area (Å²) in [4.78, 5) is 14.5. The van der Waals surface area contributed by atoms with E-state index in [9.17, 15) is 13.2 Å². The van der Waals surface area contributed by atoms with E-state index in [1.165, 1.54) is 11.4 Å². The molecule has 0 atom stereocenters. The monoisotopic (exact) mass is 412 g/mol. The molecule has 8 heteroatoms. The summed E-state index contributed by atoms with van der Waals surface area (Å²) >= 11 is 0. The molecule has 0 aliphatic heterocycles. The fraction of sp³-hybridized carbons (Fsp3) is 0.238. The lowest BCUT2D eigenvalue weighted by Crippen LogP contribution is -2.27.